The van der Waals surface area contributed by atoms with Gasteiger partial charge in [0.25, 0.3) is 0 Å². The quantitative estimate of drug-likeness (QED) is 0.285. The minimum absolute atomic E-state index is 0.0708. The molecular formula is C24H27BrN2O8S. The van der Waals surface area contributed by atoms with Gasteiger partial charge in [-0.05, 0) is 65.2 Å². The Kier molecular flexibility index (Phi) is 9.32. The second-order valence-corrected chi connectivity index (χ2v) is 10.4. The first-order valence-electron chi connectivity index (χ1n) is 11.4. The first-order chi connectivity index (χ1) is 17.1. The molecule has 2 unspecified atom stereocenters. The van der Waals surface area contributed by atoms with Gasteiger partial charge in [0.05, 0.1) is 9.35 Å². The number of amides is 2. The molecule has 12 heteroatoms. The highest BCUT2D eigenvalue weighted by molar-refractivity contribution is 9.10. The zero-order chi connectivity index (χ0) is 26.4. The van der Waals surface area contributed by atoms with Crippen LogP contribution in [-0.2, 0) is 9.59 Å². The van der Waals surface area contributed by atoms with E-state index in [9.17, 15) is 24.3 Å². The topological polar surface area (TPSA) is 167 Å². The van der Waals surface area contributed by atoms with E-state index in [1.165, 1.54) is 0 Å². The van der Waals surface area contributed by atoms with Gasteiger partial charge >= 0.3 is 23.9 Å². The van der Waals surface area contributed by atoms with Crippen LogP contribution < -0.4 is 15.4 Å². The number of hydrogen-bond donors (Lipinski definition) is 4. The van der Waals surface area contributed by atoms with Crippen molar-refractivity contribution >= 4 is 56.9 Å². The number of benzene rings is 1. The molecule has 1 aromatic heterocycles. The second-order valence-electron chi connectivity index (χ2n) is 8.62. The number of carbonyl (C=O) groups is 4. The highest BCUT2D eigenvalue weighted by Gasteiger charge is 2.30. The number of thiophene rings is 1. The van der Waals surface area contributed by atoms with Gasteiger partial charge < -0.3 is 25.8 Å². The van der Waals surface area contributed by atoms with Crippen LogP contribution in [0, 0.1) is 5.92 Å². The molecule has 5 N–H and O–H groups in total. The van der Waals surface area contributed by atoms with Gasteiger partial charge in [0.15, 0.2) is 17.2 Å². The number of nitrogens with zero attached hydrogens (tertiary/aromatic N) is 1. The molecule has 0 aliphatic heterocycles. The summed E-state index contributed by atoms with van der Waals surface area (Å²) < 4.78 is 5.53. The molecule has 0 bridgehead atoms. The van der Waals surface area contributed by atoms with E-state index in [0.29, 0.717) is 39.4 Å². The van der Waals surface area contributed by atoms with Gasteiger partial charge in [0, 0.05) is 18.2 Å². The smallest absolute Gasteiger partial charge is 0.349 e. The molecule has 0 radical (unpaired) electrons. The molecule has 1 heterocycles. The van der Waals surface area contributed by atoms with Crippen molar-refractivity contribution in [1.29, 1.82) is 0 Å². The fourth-order valence-corrected chi connectivity index (χ4v) is 6.49. The van der Waals surface area contributed by atoms with Crippen molar-refractivity contribution in [2.45, 2.75) is 51.0 Å². The van der Waals surface area contributed by atoms with Crippen LogP contribution in [-0.4, -0.2) is 51.9 Å². The third-order valence-electron chi connectivity index (χ3n) is 6.09. The van der Waals surface area contributed by atoms with Gasteiger partial charge in [-0.15, -0.1) is 11.3 Å². The Labute approximate surface area is 219 Å². The number of ether oxygens (including phenoxy) is 1. The molecule has 2 aromatic rings. The van der Waals surface area contributed by atoms with Crippen molar-refractivity contribution in [1.82, 2.24) is 0 Å². The SMILES string of the molecule is NC(=O)N(c1cccc(-c2sc(C(=O)O)c(OCC(=O)O)c2Br)c1)C1CCCC(CCCC(=O)O)C1. The molecule has 3 rings (SSSR count). The number of rotatable bonds is 11. The normalized spacial score (nSPS) is 17.4. The number of hydrogen-bond acceptors (Lipinski definition) is 6. The lowest BCUT2D eigenvalue weighted by atomic mass is 9.82. The fraction of sp³-hybridized carbons (Fsp3) is 0.417. The van der Waals surface area contributed by atoms with Crippen LogP contribution in [0.5, 0.6) is 5.75 Å². The van der Waals surface area contributed by atoms with E-state index in [0.717, 1.165) is 37.0 Å². The third-order valence-corrected chi connectivity index (χ3v) is 8.32. The number of carboxylic acids is 3. The monoisotopic (exact) mass is 582 g/mol. The predicted octanol–water partition coefficient (Wildman–Crippen LogP) is 5.04. The van der Waals surface area contributed by atoms with Crippen molar-refractivity contribution in [3.63, 3.8) is 0 Å². The molecule has 2 atom stereocenters. The Balaban J connectivity index is 1.89. The molecule has 194 valence electrons. The number of nitrogens with two attached hydrogens (primary N) is 1. The summed E-state index contributed by atoms with van der Waals surface area (Å²) in [6.07, 6.45) is 4.83. The standard InChI is InChI=1S/C24H27BrN2O8S/c25-19-20(35-12-18(30)31)22(23(32)33)36-21(19)14-6-3-8-16(11-14)27(24(26)34)15-7-1-4-13(10-15)5-2-9-17(28)29/h3,6,8,11,13,15H,1-2,4-5,7,9-10,12H2,(H2,26,34)(H,28,29)(H,30,31)(H,32,33). The number of aliphatic carboxylic acids is 2. The van der Waals surface area contributed by atoms with Gasteiger partial charge in [-0.25, -0.2) is 14.4 Å². The van der Waals surface area contributed by atoms with Gasteiger partial charge in [-0.3, -0.25) is 9.69 Å². The summed E-state index contributed by atoms with van der Waals surface area (Å²) >= 11 is 4.28. The van der Waals surface area contributed by atoms with Gasteiger partial charge in [0.2, 0.25) is 0 Å². The number of primary amides is 1. The molecule has 10 nitrogen and oxygen atoms in total. The summed E-state index contributed by atoms with van der Waals surface area (Å²) in [7, 11) is 0. The number of aromatic carboxylic acids is 1. The first kappa shape index (κ1) is 27.5. The first-order valence-corrected chi connectivity index (χ1v) is 13.0. The number of halogens is 1. The number of carbonyl (C=O) groups excluding carboxylic acids is 1. The van der Waals surface area contributed by atoms with Crippen molar-refractivity contribution < 1.29 is 39.2 Å². The predicted molar refractivity (Wildman–Crippen MR) is 137 cm³/mol. The van der Waals surface area contributed by atoms with E-state index in [-0.39, 0.29) is 23.1 Å². The third kappa shape index (κ3) is 6.76. The van der Waals surface area contributed by atoms with Crippen LogP contribution in [0.25, 0.3) is 10.4 Å². The summed E-state index contributed by atoms with van der Waals surface area (Å²) in [5, 5.41) is 27.4. The Bertz CT molecular complexity index is 1150. The van der Waals surface area contributed by atoms with E-state index in [1.807, 2.05) is 0 Å². The van der Waals surface area contributed by atoms with Gasteiger partial charge in [-0.2, -0.15) is 0 Å². The van der Waals surface area contributed by atoms with Crippen molar-refractivity contribution in [3.8, 4) is 16.2 Å². The molecule has 2 amide bonds. The van der Waals surface area contributed by atoms with Crippen molar-refractivity contribution in [2.24, 2.45) is 11.7 Å². The van der Waals surface area contributed by atoms with Gasteiger partial charge in [-0.1, -0.05) is 25.0 Å². The Morgan fingerprint density at radius 2 is 1.89 bits per heavy atom. The minimum atomic E-state index is -1.25. The molecule has 0 spiro atoms. The van der Waals surface area contributed by atoms with E-state index in [4.69, 9.17) is 20.7 Å². The minimum Gasteiger partial charge on any atom is -0.481 e. The Morgan fingerprint density at radius 3 is 2.53 bits per heavy atom. The van der Waals surface area contributed by atoms with E-state index >= 15 is 0 Å². The maximum atomic E-state index is 12.5. The van der Waals surface area contributed by atoms with Crippen LogP contribution in [0.4, 0.5) is 10.5 Å². The summed E-state index contributed by atoms with van der Waals surface area (Å²) in [6, 6.07) is 6.23. The van der Waals surface area contributed by atoms with E-state index < -0.39 is 30.5 Å². The van der Waals surface area contributed by atoms with Crippen molar-refractivity contribution in [2.75, 3.05) is 11.5 Å². The number of anilines is 1. The summed E-state index contributed by atoms with van der Waals surface area (Å²) in [6.45, 7) is -0.695. The molecular weight excluding hydrogens is 556 g/mol. The fourth-order valence-electron chi connectivity index (χ4n) is 4.60. The van der Waals surface area contributed by atoms with Crippen LogP contribution in [0.15, 0.2) is 28.7 Å². The molecule has 1 aromatic carbocycles. The molecule has 1 aliphatic rings. The second kappa shape index (κ2) is 12.2. The highest BCUT2D eigenvalue weighted by Crippen LogP contribution is 2.46. The van der Waals surface area contributed by atoms with Crippen LogP contribution in [0.2, 0.25) is 0 Å². The zero-order valence-electron chi connectivity index (χ0n) is 19.3. The van der Waals surface area contributed by atoms with Crippen LogP contribution >= 0.6 is 27.3 Å². The zero-order valence-corrected chi connectivity index (χ0v) is 21.7. The molecule has 1 fully saturated rings. The maximum absolute atomic E-state index is 12.5. The molecule has 1 aliphatic carbocycles. The van der Waals surface area contributed by atoms with Crippen LogP contribution in [0.3, 0.4) is 0 Å². The molecule has 36 heavy (non-hydrogen) atoms. The summed E-state index contributed by atoms with van der Waals surface area (Å²) in [5.41, 5.74) is 6.95. The average Bonchev–Trinajstić information content (AvgIpc) is 3.14. The highest BCUT2D eigenvalue weighted by atomic mass is 79.9. The maximum Gasteiger partial charge on any atom is 0.349 e. The Hall–Kier alpha value is -3.12. The van der Waals surface area contributed by atoms with Crippen molar-refractivity contribution in [3.05, 3.63) is 33.6 Å². The molecule has 0 saturated heterocycles. The number of urea groups is 1. The van der Waals surface area contributed by atoms with E-state index in [2.05, 4.69) is 15.9 Å². The molecule has 1 saturated carbocycles. The lowest BCUT2D eigenvalue weighted by molar-refractivity contribution is -0.139. The Morgan fingerprint density at radius 1 is 1.14 bits per heavy atom. The largest absolute Gasteiger partial charge is 0.481 e. The number of carboxylic acid groups (broad SMARTS) is 3. The average molecular weight is 583 g/mol. The van der Waals surface area contributed by atoms with Crippen LogP contribution in [0.1, 0.15) is 54.6 Å². The van der Waals surface area contributed by atoms with Gasteiger partial charge in [0.1, 0.15) is 0 Å². The summed E-state index contributed by atoms with van der Waals surface area (Å²) in [5.74, 6) is -3.08. The summed E-state index contributed by atoms with van der Waals surface area (Å²) in [4.78, 5) is 48.0. The van der Waals surface area contributed by atoms with E-state index in [1.54, 1.807) is 29.2 Å². The lowest BCUT2D eigenvalue weighted by Crippen LogP contribution is -2.46. The lowest BCUT2D eigenvalue weighted by Gasteiger charge is -2.37.